The largest absolute Gasteiger partial charge is 0.504 e. The number of fused-ring (bicyclic) bond motifs is 5. The molecule has 2 aliphatic rings. The lowest BCUT2D eigenvalue weighted by molar-refractivity contribution is 0.434. The van der Waals surface area contributed by atoms with Gasteiger partial charge in [0.2, 0.25) is 0 Å². The van der Waals surface area contributed by atoms with Crippen molar-refractivity contribution in [1.82, 2.24) is 9.97 Å². The number of aromatic hydroxyl groups is 1. The number of nitrogens with zero attached hydrogens (tertiary/aromatic N) is 1. The molecule has 0 spiro atoms. The summed E-state index contributed by atoms with van der Waals surface area (Å²) in [5.41, 5.74) is 9.47. The van der Waals surface area contributed by atoms with Gasteiger partial charge < -0.3 is 10.1 Å². The molecule has 2 N–H and O–H groups in total. The first-order valence-electron chi connectivity index (χ1n) is 15.6. The Morgan fingerprint density at radius 1 is 0.783 bits per heavy atom. The van der Waals surface area contributed by atoms with Gasteiger partial charge >= 0.3 is 0 Å². The number of phenolic OH excluding ortho intramolecular Hbond substituents is 1. The van der Waals surface area contributed by atoms with Gasteiger partial charge in [0, 0.05) is 5.56 Å². The van der Waals surface area contributed by atoms with E-state index in [9.17, 15) is 18.7 Å². The number of phenols is 1. The van der Waals surface area contributed by atoms with E-state index < -0.39 is 5.82 Å². The highest BCUT2D eigenvalue weighted by Crippen LogP contribution is 2.42. The van der Waals surface area contributed by atoms with Crippen molar-refractivity contribution in [3.63, 3.8) is 0 Å². The average molecular weight is 611 g/mol. The lowest BCUT2D eigenvalue weighted by atomic mass is 9.79. The van der Waals surface area contributed by atoms with E-state index in [2.05, 4.69) is 46.4 Å². The Kier molecular flexibility index (Phi) is 8.02. The minimum Gasteiger partial charge on any atom is -0.504 e. The minimum absolute atomic E-state index is 0.0874. The maximum atomic E-state index is 14.3. The smallest absolute Gasteiger partial charge is 0.258 e. The number of nitrogens with one attached hydrogen (secondary N) is 1. The fourth-order valence-corrected chi connectivity index (χ4v) is 6.71. The first-order valence-corrected chi connectivity index (χ1v) is 15.6. The normalized spacial score (nSPS) is 13.7. The van der Waals surface area contributed by atoms with Gasteiger partial charge in [-0.15, -0.1) is 0 Å². The summed E-state index contributed by atoms with van der Waals surface area (Å²) in [6.45, 7) is 0. The van der Waals surface area contributed by atoms with Crippen LogP contribution in [-0.2, 0) is 19.3 Å². The molecule has 2 aliphatic carbocycles. The van der Waals surface area contributed by atoms with Crippen molar-refractivity contribution in [3.05, 3.63) is 159 Å². The number of aromatic amines is 1. The summed E-state index contributed by atoms with van der Waals surface area (Å²) in [5.74, 6) is -1.21. The molecule has 0 atom stereocenters. The highest BCUT2D eigenvalue weighted by Gasteiger charge is 2.22. The zero-order valence-electron chi connectivity index (χ0n) is 25.2. The molecule has 0 aliphatic heterocycles. The quantitative estimate of drug-likeness (QED) is 0.209. The predicted molar refractivity (Wildman–Crippen MR) is 181 cm³/mol. The predicted octanol–water partition coefficient (Wildman–Crippen LogP) is 9.25. The van der Waals surface area contributed by atoms with Crippen LogP contribution < -0.4 is 5.56 Å². The maximum absolute atomic E-state index is 14.3. The number of allylic oxidation sites excluding steroid dienone is 4. The minimum atomic E-state index is -0.632. The molecule has 0 saturated carbocycles. The lowest BCUT2D eigenvalue weighted by Gasteiger charge is -2.26. The van der Waals surface area contributed by atoms with Gasteiger partial charge in [0.15, 0.2) is 11.6 Å². The third-order valence-electron chi connectivity index (χ3n) is 9.00. The number of H-pyrrole nitrogens is 1. The Labute approximate surface area is 265 Å². The van der Waals surface area contributed by atoms with Gasteiger partial charge in [0.05, 0.1) is 17.2 Å². The number of halogens is 2. The van der Waals surface area contributed by atoms with Gasteiger partial charge in [0.1, 0.15) is 5.82 Å². The Bertz CT molecular complexity index is 2230. The summed E-state index contributed by atoms with van der Waals surface area (Å²) < 4.78 is 28.1. The second-order valence-electron chi connectivity index (χ2n) is 11.8. The average Bonchev–Trinajstić information content (AvgIpc) is 3.08. The molecule has 4 nitrogen and oxygen atoms in total. The van der Waals surface area contributed by atoms with Crippen LogP contribution >= 0.6 is 0 Å². The fraction of sp³-hybridized carbons (Fsp3) is 0.150. The number of benzene rings is 5. The van der Waals surface area contributed by atoms with E-state index in [-0.39, 0.29) is 17.1 Å². The van der Waals surface area contributed by atoms with Crippen molar-refractivity contribution < 1.29 is 13.9 Å². The number of hydrogen-bond acceptors (Lipinski definition) is 3. The molecule has 5 aromatic carbocycles. The highest BCUT2D eigenvalue weighted by molar-refractivity contribution is 5.97. The zero-order valence-corrected chi connectivity index (χ0v) is 25.2. The standard InChI is InChI=1S/C32H26F2O.C8H6N2O/c33-24-7-3-5-20(17-24)11-12-22-18-29-23(19-30(22)28-9-4-10-31(34)32(28)35)14-16-26-25-8-2-1-6-21(25)13-15-27(26)29;11-8-6-3-1-2-4-7(6)9-5-10-8/h2-5,7-10,14,16-19,35H,1,6,11-13,15H2;1-5H,(H,9,10,11). The summed E-state index contributed by atoms with van der Waals surface area (Å²) >= 11 is 0. The van der Waals surface area contributed by atoms with Crippen LogP contribution in [0.2, 0.25) is 0 Å². The number of aryl methyl sites for hydroxylation is 3. The van der Waals surface area contributed by atoms with Gasteiger partial charge in [-0.05, 0) is 119 Å². The van der Waals surface area contributed by atoms with Crippen LogP contribution in [0.1, 0.15) is 41.5 Å². The van der Waals surface area contributed by atoms with Crippen molar-refractivity contribution in [1.29, 1.82) is 0 Å². The van der Waals surface area contributed by atoms with Gasteiger partial charge in [0.25, 0.3) is 5.56 Å². The maximum Gasteiger partial charge on any atom is 0.258 e. The molecule has 46 heavy (non-hydrogen) atoms. The Morgan fingerprint density at radius 3 is 2.52 bits per heavy atom. The van der Waals surface area contributed by atoms with Crippen molar-refractivity contribution in [3.8, 4) is 16.9 Å². The van der Waals surface area contributed by atoms with Gasteiger partial charge in [-0.3, -0.25) is 4.79 Å². The zero-order chi connectivity index (χ0) is 31.6. The van der Waals surface area contributed by atoms with E-state index in [0.717, 1.165) is 53.3 Å². The van der Waals surface area contributed by atoms with Crippen LogP contribution in [-0.4, -0.2) is 15.1 Å². The molecular weight excluding hydrogens is 578 g/mol. The molecule has 0 saturated heterocycles. The first kappa shape index (κ1) is 29.4. The number of hydrogen-bond donors (Lipinski definition) is 2. The van der Waals surface area contributed by atoms with E-state index in [4.69, 9.17) is 0 Å². The Hall–Kier alpha value is -5.36. The van der Waals surface area contributed by atoms with E-state index >= 15 is 0 Å². The second kappa shape index (κ2) is 12.6. The third kappa shape index (κ3) is 5.74. The molecular formula is C40H32F2N2O2. The summed E-state index contributed by atoms with van der Waals surface area (Å²) in [7, 11) is 0. The first-order chi connectivity index (χ1) is 22.5. The van der Waals surface area contributed by atoms with Gasteiger partial charge in [-0.1, -0.05) is 72.3 Å². The molecule has 228 valence electrons. The molecule has 1 heterocycles. The lowest BCUT2D eigenvalue weighted by Crippen LogP contribution is -2.07. The summed E-state index contributed by atoms with van der Waals surface area (Å²) in [6.07, 6.45) is 11.6. The van der Waals surface area contributed by atoms with Crippen molar-refractivity contribution in [2.45, 2.75) is 38.5 Å². The Balaban J connectivity index is 0.000000259. The summed E-state index contributed by atoms with van der Waals surface area (Å²) in [4.78, 5) is 17.6. The Morgan fingerprint density at radius 2 is 1.65 bits per heavy atom. The molecule has 0 amide bonds. The third-order valence-corrected chi connectivity index (χ3v) is 9.00. The number of para-hydroxylation sites is 2. The SMILES string of the molecule is O=c1[nH]cnc2ccccc12.Oc1c(F)cccc1-c1cc2ccc3c(c2cc1CCc1cccc(F)c1)CCC1=C3C=CCC1. The van der Waals surface area contributed by atoms with Crippen molar-refractivity contribution >= 4 is 27.2 Å². The molecule has 6 aromatic rings. The topological polar surface area (TPSA) is 66.0 Å². The van der Waals surface area contributed by atoms with E-state index in [1.54, 1.807) is 35.9 Å². The van der Waals surface area contributed by atoms with Crippen LogP contribution in [0.5, 0.6) is 5.75 Å². The summed E-state index contributed by atoms with van der Waals surface area (Å²) in [6, 6.07) is 27.2. The van der Waals surface area contributed by atoms with E-state index in [1.165, 1.54) is 40.5 Å². The molecule has 0 radical (unpaired) electrons. The number of aromatic nitrogens is 2. The fourth-order valence-electron chi connectivity index (χ4n) is 6.71. The monoisotopic (exact) mass is 610 g/mol. The summed E-state index contributed by atoms with van der Waals surface area (Å²) in [5, 5.41) is 13.5. The van der Waals surface area contributed by atoms with Crippen LogP contribution in [0.15, 0.2) is 120 Å². The second-order valence-corrected chi connectivity index (χ2v) is 11.8. The van der Waals surface area contributed by atoms with Crippen LogP contribution in [0.25, 0.3) is 38.4 Å². The van der Waals surface area contributed by atoms with Crippen LogP contribution in [0.3, 0.4) is 0 Å². The molecule has 8 rings (SSSR count). The van der Waals surface area contributed by atoms with Crippen molar-refractivity contribution in [2.75, 3.05) is 0 Å². The van der Waals surface area contributed by atoms with Gasteiger partial charge in [-0.25, -0.2) is 13.8 Å². The molecule has 0 fully saturated rings. The van der Waals surface area contributed by atoms with E-state index in [0.29, 0.717) is 23.8 Å². The molecule has 0 bridgehead atoms. The van der Waals surface area contributed by atoms with Gasteiger partial charge in [-0.2, -0.15) is 0 Å². The van der Waals surface area contributed by atoms with Crippen LogP contribution in [0.4, 0.5) is 8.78 Å². The molecule has 1 aromatic heterocycles. The highest BCUT2D eigenvalue weighted by atomic mass is 19.1. The number of rotatable bonds is 4. The van der Waals surface area contributed by atoms with Crippen LogP contribution in [0, 0.1) is 11.6 Å². The van der Waals surface area contributed by atoms with E-state index in [1.807, 2.05) is 24.3 Å². The van der Waals surface area contributed by atoms with Crippen molar-refractivity contribution in [2.24, 2.45) is 0 Å². The molecule has 0 unspecified atom stereocenters. The molecule has 6 heteroatoms.